The summed E-state index contributed by atoms with van der Waals surface area (Å²) >= 11 is 0. The van der Waals surface area contributed by atoms with Crippen molar-refractivity contribution in [1.82, 2.24) is 14.8 Å². The zero-order valence-electron chi connectivity index (χ0n) is 12.3. The number of esters is 1. The molecule has 0 radical (unpaired) electrons. The number of para-hydroxylation sites is 1. The van der Waals surface area contributed by atoms with Gasteiger partial charge in [-0.3, -0.25) is 0 Å². The fourth-order valence-electron chi connectivity index (χ4n) is 2.33. The van der Waals surface area contributed by atoms with Crippen LogP contribution in [0.5, 0.6) is 5.75 Å². The fraction of sp³-hybridized carbons (Fsp3) is 0.188. The van der Waals surface area contributed by atoms with Gasteiger partial charge in [-0.2, -0.15) is 0 Å². The molecule has 1 aromatic carbocycles. The second-order valence-electron chi connectivity index (χ2n) is 4.62. The zero-order chi connectivity index (χ0) is 15.5. The molecule has 0 amide bonds. The summed E-state index contributed by atoms with van der Waals surface area (Å²) in [5, 5.41) is 7.78. The number of rotatable bonds is 4. The van der Waals surface area contributed by atoms with E-state index >= 15 is 0 Å². The average Bonchev–Trinajstić information content (AvgIpc) is 3.01. The third-order valence-corrected chi connectivity index (χ3v) is 3.33. The van der Waals surface area contributed by atoms with Crippen LogP contribution in [-0.2, 0) is 4.74 Å². The molecule has 112 valence electrons. The highest BCUT2D eigenvalue weighted by molar-refractivity contribution is 5.98. The largest absolute Gasteiger partial charge is 0.496 e. The second kappa shape index (κ2) is 5.85. The number of carbonyl (C=O) groups is 1. The van der Waals surface area contributed by atoms with Crippen LogP contribution in [0.2, 0.25) is 0 Å². The van der Waals surface area contributed by atoms with Crippen molar-refractivity contribution < 1.29 is 14.3 Å². The van der Waals surface area contributed by atoms with E-state index in [1.54, 1.807) is 30.9 Å². The van der Waals surface area contributed by atoms with Gasteiger partial charge in [0, 0.05) is 17.3 Å². The summed E-state index contributed by atoms with van der Waals surface area (Å²) in [6, 6.07) is 9.38. The molecule has 6 nitrogen and oxygen atoms in total. The molecule has 0 bridgehead atoms. The van der Waals surface area contributed by atoms with Crippen LogP contribution in [0.15, 0.2) is 42.7 Å². The number of benzene rings is 1. The molecule has 2 aromatic heterocycles. The predicted octanol–water partition coefficient (Wildman–Crippen LogP) is 2.58. The number of methoxy groups -OCH3 is 1. The van der Waals surface area contributed by atoms with Crippen LogP contribution >= 0.6 is 0 Å². The lowest BCUT2D eigenvalue weighted by atomic mass is 10.00. The van der Waals surface area contributed by atoms with Gasteiger partial charge in [-0.25, -0.2) is 9.31 Å². The van der Waals surface area contributed by atoms with Crippen molar-refractivity contribution >= 4 is 11.5 Å². The highest BCUT2D eigenvalue weighted by Crippen LogP contribution is 2.33. The van der Waals surface area contributed by atoms with Gasteiger partial charge in [0.25, 0.3) is 0 Å². The highest BCUT2D eigenvalue weighted by atomic mass is 16.5. The quantitative estimate of drug-likeness (QED) is 0.692. The molecule has 0 saturated carbocycles. The Morgan fingerprint density at radius 2 is 2.09 bits per heavy atom. The highest BCUT2D eigenvalue weighted by Gasteiger charge is 2.18. The van der Waals surface area contributed by atoms with Crippen molar-refractivity contribution in [3.05, 3.63) is 48.3 Å². The Kier molecular flexibility index (Phi) is 3.74. The average molecular weight is 297 g/mol. The van der Waals surface area contributed by atoms with E-state index in [1.807, 2.05) is 30.3 Å². The van der Waals surface area contributed by atoms with Gasteiger partial charge < -0.3 is 9.47 Å². The van der Waals surface area contributed by atoms with Gasteiger partial charge in [0.05, 0.1) is 31.0 Å². The Labute approximate surface area is 127 Å². The van der Waals surface area contributed by atoms with Crippen molar-refractivity contribution in [1.29, 1.82) is 0 Å². The number of carbonyl (C=O) groups excluding carboxylic acids is 1. The molecule has 0 unspecified atom stereocenters. The summed E-state index contributed by atoms with van der Waals surface area (Å²) in [7, 11) is 1.60. The third-order valence-electron chi connectivity index (χ3n) is 3.33. The van der Waals surface area contributed by atoms with E-state index in [0.29, 0.717) is 17.9 Å². The number of fused-ring (bicyclic) bond motifs is 1. The first-order valence-electron chi connectivity index (χ1n) is 6.89. The first kappa shape index (κ1) is 14.1. The normalized spacial score (nSPS) is 10.6. The monoisotopic (exact) mass is 297 g/mol. The molecule has 0 saturated heterocycles. The lowest BCUT2D eigenvalue weighted by Crippen LogP contribution is -2.09. The van der Waals surface area contributed by atoms with Crippen LogP contribution in [0, 0.1) is 0 Å². The van der Waals surface area contributed by atoms with Crippen molar-refractivity contribution in [2.75, 3.05) is 13.7 Å². The molecule has 2 heterocycles. The fourth-order valence-corrected chi connectivity index (χ4v) is 2.33. The molecule has 0 fully saturated rings. The third kappa shape index (κ3) is 2.39. The van der Waals surface area contributed by atoms with Crippen LogP contribution in [0.25, 0.3) is 16.6 Å². The van der Waals surface area contributed by atoms with Gasteiger partial charge in [-0.1, -0.05) is 23.4 Å². The van der Waals surface area contributed by atoms with Crippen molar-refractivity contribution in [2.24, 2.45) is 0 Å². The first-order valence-corrected chi connectivity index (χ1v) is 6.89. The summed E-state index contributed by atoms with van der Waals surface area (Å²) in [4.78, 5) is 12.3. The Morgan fingerprint density at radius 1 is 1.27 bits per heavy atom. The number of ether oxygens (including phenoxy) is 2. The van der Waals surface area contributed by atoms with Crippen molar-refractivity contribution in [2.45, 2.75) is 6.92 Å². The molecule has 22 heavy (non-hydrogen) atoms. The van der Waals surface area contributed by atoms with Crippen LogP contribution < -0.4 is 4.74 Å². The molecule has 0 aliphatic rings. The Bertz CT molecular complexity index is 826. The summed E-state index contributed by atoms with van der Waals surface area (Å²) in [5.74, 6) is 0.283. The van der Waals surface area contributed by atoms with Crippen LogP contribution in [0.1, 0.15) is 17.3 Å². The van der Waals surface area contributed by atoms with E-state index in [2.05, 4.69) is 10.3 Å². The molecule has 0 aliphatic carbocycles. The molecule has 6 heteroatoms. The Hall–Kier alpha value is -2.89. The Morgan fingerprint density at radius 3 is 2.86 bits per heavy atom. The van der Waals surface area contributed by atoms with E-state index < -0.39 is 5.97 Å². The maximum atomic E-state index is 12.3. The zero-order valence-corrected chi connectivity index (χ0v) is 12.3. The van der Waals surface area contributed by atoms with Crippen molar-refractivity contribution in [3.8, 4) is 16.9 Å². The van der Waals surface area contributed by atoms with E-state index in [0.717, 1.165) is 16.6 Å². The first-order chi connectivity index (χ1) is 10.7. The number of aromatic nitrogens is 3. The molecule has 0 aliphatic heterocycles. The van der Waals surface area contributed by atoms with Gasteiger partial charge in [0.2, 0.25) is 0 Å². The van der Waals surface area contributed by atoms with Gasteiger partial charge in [-0.15, -0.1) is 5.10 Å². The molecule has 3 aromatic rings. The van der Waals surface area contributed by atoms with Gasteiger partial charge >= 0.3 is 5.97 Å². The molecule has 0 N–H and O–H groups in total. The lowest BCUT2D eigenvalue weighted by Gasteiger charge is -2.12. The number of pyridine rings is 1. The second-order valence-corrected chi connectivity index (χ2v) is 4.62. The summed E-state index contributed by atoms with van der Waals surface area (Å²) in [6.45, 7) is 2.08. The maximum Gasteiger partial charge on any atom is 0.340 e. The van der Waals surface area contributed by atoms with Crippen LogP contribution in [0.4, 0.5) is 0 Å². The molecule has 0 spiro atoms. The smallest absolute Gasteiger partial charge is 0.340 e. The molecule has 3 rings (SSSR count). The van der Waals surface area contributed by atoms with Crippen LogP contribution in [-0.4, -0.2) is 34.5 Å². The van der Waals surface area contributed by atoms with Crippen molar-refractivity contribution in [3.63, 3.8) is 0 Å². The standard InChI is InChI=1S/C16H15N3O3/c1-3-22-16(20)14-10-19-11(9-17-18-19)8-13(14)12-6-4-5-7-15(12)21-2/h4-10H,3H2,1-2H3. The van der Waals surface area contributed by atoms with E-state index in [4.69, 9.17) is 9.47 Å². The Balaban J connectivity index is 2.25. The van der Waals surface area contributed by atoms with E-state index in [9.17, 15) is 4.79 Å². The van der Waals surface area contributed by atoms with Crippen LogP contribution in [0.3, 0.4) is 0 Å². The minimum absolute atomic E-state index is 0.305. The number of nitrogens with zero attached hydrogens (tertiary/aromatic N) is 3. The van der Waals surface area contributed by atoms with Gasteiger partial charge in [0.15, 0.2) is 0 Å². The number of hydrogen-bond acceptors (Lipinski definition) is 5. The lowest BCUT2D eigenvalue weighted by molar-refractivity contribution is 0.0526. The van der Waals surface area contributed by atoms with Gasteiger partial charge in [-0.05, 0) is 19.1 Å². The molecular formula is C16H15N3O3. The summed E-state index contributed by atoms with van der Waals surface area (Å²) < 4.78 is 12.1. The summed E-state index contributed by atoms with van der Waals surface area (Å²) in [5.41, 5.74) is 2.75. The van der Waals surface area contributed by atoms with E-state index in [-0.39, 0.29) is 0 Å². The summed E-state index contributed by atoms with van der Waals surface area (Å²) in [6.07, 6.45) is 3.26. The SMILES string of the molecule is CCOC(=O)c1cn2nncc2cc1-c1ccccc1OC. The minimum atomic E-state index is -0.402. The molecular weight excluding hydrogens is 282 g/mol. The van der Waals surface area contributed by atoms with Gasteiger partial charge in [0.1, 0.15) is 5.75 Å². The topological polar surface area (TPSA) is 65.7 Å². The predicted molar refractivity (Wildman–Crippen MR) is 80.9 cm³/mol. The maximum absolute atomic E-state index is 12.3. The van der Waals surface area contributed by atoms with E-state index in [1.165, 1.54) is 0 Å². The number of hydrogen-bond donors (Lipinski definition) is 0. The molecule has 0 atom stereocenters. The minimum Gasteiger partial charge on any atom is -0.496 e.